The predicted octanol–water partition coefficient (Wildman–Crippen LogP) is 1.28. The van der Waals surface area contributed by atoms with Crippen LogP contribution in [0.2, 0.25) is 0 Å². The number of benzene rings is 1. The van der Waals surface area contributed by atoms with Crippen molar-refractivity contribution in [3.05, 3.63) is 23.8 Å². The fourth-order valence-corrected chi connectivity index (χ4v) is 4.35. The van der Waals surface area contributed by atoms with Gasteiger partial charge in [0.05, 0.1) is 38.8 Å². The highest BCUT2D eigenvalue weighted by Crippen LogP contribution is 2.44. The Morgan fingerprint density at radius 1 is 1.33 bits per heavy atom. The lowest BCUT2D eigenvalue weighted by Crippen LogP contribution is -2.51. The van der Waals surface area contributed by atoms with Gasteiger partial charge in [0, 0.05) is 24.1 Å². The number of fused-ring (bicyclic) bond motifs is 1. The van der Waals surface area contributed by atoms with Crippen LogP contribution in [0.1, 0.15) is 12.5 Å². The highest BCUT2D eigenvalue weighted by Gasteiger charge is 2.57. The summed E-state index contributed by atoms with van der Waals surface area (Å²) in [6, 6.07) is 5.65. The Bertz CT molecular complexity index is 730. The number of esters is 1. The molecule has 1 amide bonds. The molecule has 146 valence electrons. The van der Waals surface area contributed by atoms with Gasteiger partial charge in [-0.15, -0.1) is 0 Å². The molecule has 1 aromatic rings. The van der Waals surface area contributed by atoms with Crippen LogP contribution < -0.4 is 9.47 Å². The molecule has 4 rings (SSSR count). The maximum absolute atomic E-state index is 13.2. The number of likely N-dealkylation sites (tertiary alicyclic amines) is 1. The zero-order valence-corrected chi connectivity index (χ0v) is 15.7. The Hall–Kier alpha value is -2.28. The second kappa shape index (κ2) is 7.03. The van der Waals surface area contributed by atoms with Gasteiger partial charge in [-0.05, 0) is 25.5 Å². The van der Waals surface area contributed by atoms with E-state index in [4.69, 9.17) is 18.9 Å². The largest absolute Gasteiger partial charge is 0.496 e. The molecule has 27 heavy (non-hydrogen) atoms. The van der Waals surface area contributed by atoms with E-state index in [2.05, 4.69) is 0 Å². The van der Waals surface area contributed by atoms with Gasteiger partial charge < -0.3 is 23.8 Å². The number of carbonyl (C=O) groups excluding carboxylic acids is 2. The zero-order chi connectivity index (χ0) is 19.0. The van der Waals surface area contributed by atoms with Crippen LogP contribution in [0.5, 0.6) is 11.5 Å². The summed E-state index contributed by atoms with van der Waals surface area (Å²) in [4.78, 5) is 27.4. The Morgan fingerprint density at radius 2 is 2.15 bits per heavy atom. The van der Waals surface area contributed by atoms with Crippen LogP contribution in [0.25, 0.3) is 0 Å². The van der Waals surface area contributed by atoms with E-state index in [1.807, 2.05) is 18.2 Å². The summed E-state index contributed by atoms with van der Waals surface area (Å²) in [6.07, 6.45) is 0.572. The molecule has 2 atom stereocenters. The van der Waals surface area contributed by atoms with Crippen molar-refractivity contribution in [1.82, 2.24) is 4.90 Å². The number of carbonyl (C=O) groups is 2. The highest BCUT2D eigenvalue weighted by atomic mass is 16.5. The summed E-state index contributed by atoms with van der Waals surface area (Å²) in [6.45, 7) is 4.39. The van der Waals surface area contributed by atoms with E-state index in [1.165, 1.54) is 0 Å². The number of hydrogen-bond donors (Lipinski definition) is 0. The van der Waals surface area contributed by atoms with Gasteiger partial charge in [0.2, 0.25) is 5.91 Å². The number of hydrogen-bond acceptors (Lipinski definition) is 6. The van der Waals surface area contributed by atoms with Crippen LogP contribution in [0, 0.1) is 17.3 Å². The van der Waals surface area contributed by atoms with Crippen LogP contribution in [0.3, 0.4) is 0 Å². The SMILES string of the molecule is CCOC(=O)C1CN(C(=O)C2COc3cccc(OC)c3C2)CC12COC2. The first-order valence-corrected chi connectivity index (χ1v) is 9.40. The van der Waals surface area contributed by atoms with Gasteiger partial charge in [-0.1, -0.05) is 6.07 Å². The Morgan fingerprint density at radius 3 is 2.81 bits per heavy atom. The molecule has 0 radical (unpaired) electrons. The molecule has 1 spiro atoms. The number of methoxy groups -OCH3 is 1. The summed E-state index contributed by atoms with van der Waals surface area (Å²) in [5, 5.41) is 0. The Labute approximate surface area is 158 Å². The lowest BCUT2D eigenvalue weighted by Gasteiger charge is -2.41. The molecule has 1 aromatic carbocycles. The van der Waals surface area contributed by atoms with Crippen molar-refractivity contribution >= 4 is 11.9 Å². The maximum Gasteiger partial charge on any atom is 0.311 e. The van der Waals surface area contributed by atoms with Crippen molar-refractivity contribution in [3.8, 4) is 11.5 Å². The number of nitrogens with zero attached hydrogens (tertiary/aromatic N) is 1. The first kappa shape index (κ1) is 18.1. The van der Waals surface area contributed by atoms with Gasteiger partial charge >= 0.3 is 5.97 Å². The maximum atomic E-state index is 13.2. The Kier molecular flexibility index (Phi) is 4.72. The van der Waals surface area contributed by atoms with Gasteiger partial charge in [0.1, 0.15) is 18.1 Å². The molecule has 2 unspecified atom stereocenters. The molecule has 0 N–H and O–H groups in total. The molecule has 3 heterocycles. The van der Waals surface area contributed by atoms with E-state index in [0.717, 1.165) is 17.1 Å². The molecule has 3 aliphatic rings. The van der Waals surface area contributed by atoms with Gasteiger partial charge in [0.15, 0.2) is 0 Å². The molecule has 2 saturated heterocycles. The minimum absolute atomic E-state index is 0.0182. The third-order valence-electron chi connectivity index (χ3n) is 5.86. The Balaban J connectivity index is 1.50. The van der Waals surface area contributed by atoms with Crippen molar-refractivity contribution in [2.24, 2.45) is 17.3 Å². The van der Waals surface area contributed by atoms with Crippen molar-refractivity contribution in [1.29, 1.82) is 0 Å². The quantitative estimate of drug-likeness (QED) is 0.739. The molecule has 0 aromatic heterocycles. The van der Waals surface area contributed by atoms with E-state index in [1.54, 1.807) is 18.9 Å². The second-order valence-corrected chi connectivity index (χ2v) is 7.53. The van der Waals surface area contributed by atoms with Crippen LogP contribution in [-0.2, 0) is 25.5 Å². The summed E-state index contributed by atoms with van der Waals surface area (Å²) in [5.74, 6) is 0.690. The molecule has 7 heteroatoms. The van der Waals surface area contributed by atoms with E-state index >= 15 is 0 Å². The van der Waals surface area contributed by atoms with Crippen LogP contribution in [-0.4, -0.2) is 63.4 Å². The summed E-state index contributed by atoms with van der Waals surface area (Å²) >= 11 is 0. The topological polar surface area (TPSA) is 74.3 Å². The third kappa shape index (κ3) is 3.04. The average Bonchev–Trinajstić information content (AvgIpc) is 3.08. The van der Waals surface area contributed by atoms with Crippen LogP contribution >= 0.6 is 0 Å². The first-order chi connectivity index (χ1) is 13.1. The van der Waals surface area contributed by atoms with Crippen molar-refractivity contribution in [2.45, 2.75) is 13.3 Å². The number of rotatable bonds is 4. The predicted molar refractivity (Wildman–Crippen MR) is 95.6 cm³/mol. The van der Waals surface area contributed by atoms with E-state index in [9.17, 15) is 9.59 Å². The van der Waals surface area contributed by atoms with E-state index < -0.39 is 0 Å². The van der Waals surface area contributed by atoms with Gasteiger partial charge in [-0.2, -0.15) is 0 Å². The third-order valence-corrected chi connectivity index (χ3v) is 5.86. The monoisotopic (exact) mass is 375 g/mol. The molecular formula is C20H25NO6. The van der Waals surface area contributed by atoms with E-state index in [-0.39, 0.29) is 29.1 Å². The second-order valence-electron chi connectivity index (χ2n) is 7.53. The summed E-state index contributed by atoms with van der Waals surface area (Å²) < 4.78 is 21.9. The average molecular weight is 375 g/mol. The number of ether oxygens (including phenoxy) is 4. The standard InChI is InChI=1S/C20H25NO6/c1-3-26-19(23)15-8-21(10-20(15)11-25-12-20)18(22)13-7-14-16(24-2)5-4-6-17(14)27-9-13/h4-6,13,15H,3,7-12H2,1-2H3. The fourth-order valence-electron chi connectivity index (χ4n) is 4.35. The molecular weight excluding hydrogens is 350 g/mol. The molecule has 0 aliphatic carbocycles. The van der Waals surface area contributed by atoms with Crippen LogP contribution in [0.15, 0.2) is 18.2 Å². The molecule has 3 aliphatic heterocycles. The van der Waals surface area contributed by atoms with Crippen molar-refractivity contribution in [2.75, 3.05) is 46.6 Å². The molecule has 2 fully saturated rings. The minimum atomic E-state index is -0.318. The lowest BCUT2D eigenvalue weighted by atomic mass is 9.76. The molecule has 0 saturated carbocycles. The molecule has 0 bridgehead atoms. The van der Waals surface area contributed by atoms with E-state index in [0.29, 0.717) is 45.9 Å². The van der Waals surface area contributed by atoms with Crippen LogP contribution in [0.4, 0.5) is 0 Å². The van der Waals surface area contributed by atoms with Crippen molar-refractivity contribution < 1.29 is 28.5 Å². The van der Waals surface area contributed by atoms with Gasteiger partial charge in [-0.25, -0.2) is 0 Å². The highest BCUT2D eigenvalue weighted by molar-refractivity contribution is 5.83. The molecule has 7 nitrogen and oxygen atoms in total. The first-order valence-electron chi connectivity index (χ1n) is 9.40. The summed E-state index contributed by atoms with van der Waals surface area (Å²) in [5.41, 5.74) is 0.625. The summed E-state index contributed by atoms with van der Waals surface area (Å²) in [7, 11) is 1.62. The minimum Gasteiger partial charge on any atom is -0.496 e. The zero-order valence-electron chi connectivity index (χ0n) is 15.7. The van der Waals surface area contributed by atoms with Crippen molar-refractivity contribution in [3.63, 3.8) is 0 Å². The normalized spacial score (nSPS) is 25.3. The lowest BCUT2D eigenvalue weighted by molar-refractivity contribution is -0.170. The fraction of sp³-hybridized carbons (Fsp3) is 0.600. The van der Waals surface area contributed by atoms with Gasteiger partial charge in [-0.3, -0.25) is 9.59 Å². The smallest absolute Gasteiger partial charge is 0.311 e. The number of amides is 1. The van der Waals surface area contributed by atoms with Gasteiger partial charge in [0.25, 0.3) is 0 Å².